The Labute approximate surface area is 175 Å². The quantitative estimate of drug-likeness (QED) is 0.650. The molecule has 2 amide bonds. The van der Waals surface area contributed by atoms with Gasteiger partial charge in [-0.3, -0.25) is 9.59 Å². The van der Waals surface area contributed by atoms with Crippen molar-refractivity contribution in [3.63, 3.8) is 0 Å². The van der Waals surface area contributed by atoms with E-state index in [2.05, 4.69) is 0 Å². The molecule has 6 heteroatoms. The van der Waals surface area contributed by atoms with E-state index in [-0.39, 0.29) is 11.8 Å². The van der Waals surface area contributed by atoms with E-state index < -0.39 is 0 Å². The zero-order valence-corrected chi connectivity index (χ0v) is 17.4. The highest BCUT2D eigenvalue weighted by molar-refractivity contribution is 6.31. The molecule has 1 aliphatic heterocycles. The van der Waals surface area contributed by atoms with Gasteiger partial charge in [0.1, 0.15) is 0 Å². The van der Waals surface area contributed by atoms with Crippen LogP contribution in [-0.2, 0) is 0 Å². The molecule has 3 aromatic carbocycles. The fourth-order valence-corrected chi connectivity index (χ4v) is 3.83. The second kappa shape index (κ2) is 7.50. The Kier molecular flexibility index (Phi) is 5.03. The van der Waals surface area contributed by atoms with E-state index in [4.69, 9.17) is 11.6 Å². The number of amides is 2. The zero-order chi connectivity index (χ0) is 20.7. The first-order valence-electron chi connectivity index (χ1n) is 9.44. The van der Waals surface area contributed by atoms with Gasteiger partial charge in [-0.25, -0.2) is 0 Å². The highest BCUT2D eigenvalue weighted by Gasteiger charge is 2.31. The van der Waals surface area contributed by atoms with E-state index in [9.17, 15) is 9.59 Å². The summed E-state index contributed by atoms with van der Waals surface area (Å²) in [5, 5.41) is 2.41. The van der Waals surface area contributed by atoms with Crippen molar-refractivity contribution in [1.29, 1.82) is 0 Å². The lowest BCUT2D eigenvalue weighted by molar-refractivity contribution is 0.0976. The SMILES string of the molecule is CN(C)CCN1C(=O)c2cc(Cl)ccc2N(C)C(=O)c2cc3ccccc3cc21. The summed E-state index contributed by atoms with van der Waals surface area (Å²) < 4.78 is 0. The number of halogens is 1. The predicted molar refractivity (Wildman–Crippen MR) is 118 cm³/mol. The van der Waals surface area contributed by atoms with Gasteiger partial charge in [0.2, 0.25) is 0 Å². The summed E-state index contributed by atoms with van der Waals surface area (Å²) in [5.74, 6) is -0.322. The maximum Gasteiger partial charge on any atom is 0.260 e. The Morgan fingerprint density at radius 1 is 0.862 bits per heavy atom. The molecule has 1 aliphatic rings. The second-order valence-corrected chi connectivity index (χ2v) is 7.94. The van der Waals surface area contributed by atoms with Crippen molar-refractivity contribution in [2.45, 2.75) is 0 Å². The van der Waals surface area contributed by atoms with Gasteiger partial charge in [-0.2, -0.15) is 0 Å². The van der Waals surface area contributed by atoms with Crippen molar-refractivity contribution in [2.24, 2.45) is 0 Å². The van der Waals surface area contributed by atoms with Gasteiger partial charge in [0, 0.05) is 25.2 Å². The van der Waals surface area contributed by atoms with Crippen LogP contribution in [0.2, 0.25) is 5.02 Å². The lowest BCUT2D eigenvalue weighted by Crippen LogP contribution is -2.41. The molecule has 0 unspecified atom stereocenters. The van der Waals surface area contributed by atoms with E-state index in [0.717, 1.165) is 10.8 Å². The van der Waals surface area contributed by atoms with Gasteiger partial charge in [0.05, 0.1) is 22.5 Å². The molecule has 0 fully saturated rings. The third kappa shape index (κ3) is 3.48. The van der Waals surface area contributed by atoms with Crippen LogP contribution in [-0.4, -0.2) is 50.9 Å². The van der Waals surface area contributed by atoms with Gasteiger partial charge >= 0.3 is 0 Å². The number of anilines is 2. The molecule has 148 valence electrons. The third-order valence-electron chi connectivity index (χ3n) is 5.26. The van der Waals surface area contributed by atoms with Crippen molar-refractivity contribution < 1.29 is 9.59 Å². The highest BCUT2D eigenvalue weighted by Crippen LogP contribution is 2.35. The predicted octanol–water partition coefficient (Wildman–Crippen LogP) is 4.29. The number of rotatable bonds is 3. The summed E-state index contributed by atoms with van der Waals surface area (Å²) in [5.41, 5.74) is 2.11. The molecular formula is C23H22ClN3O2. The zero-order valence-electron chi connectivity index (χ0n) is 16.6. The van der Waals surface area contributed by atoms with Crippen molar-refractivity contribution >= 4 is 45.6 Å². The third-order valence-corrected chi connectivity index (χ3v) is 5.49. The van der Waals surface area contributed by atoms with Crippen LogP contribution < -0.4 is 9.80 Å². The second-order valence-electron chi connectivity index (χ2n) is 7.50. The van der Waals surface area contributed by atoms with Crippen molar-refractivity contribution in [2.75, 3.05) is 44.0 Å². The Morgan fingerprint density at radius 2 is 1.52 bits per heavy atom. The first-order valence-corrected chi connectivity index (χ1v) is 9.81. The average molecular weight is 408 g/mol. The smallest absolute Gasteiger partial charge is 0.260 e. The minimum absolute atomic E-state index is 0.156. The van der Waals surface area contributed by atoms with E-state index in [1.807, 2.05) is 55.4 Å². The molecule has 1 heterocycles. The average Bonchev–Trinajstić information content (AvgIpc) is 2.71. The molecule has 0 spiro atoms. The molecule has 0 aromatic heterocycles. The molecule has 0 radical (unpaired) electrons. The van der Waals surface area contributed by atoms with Gasteiger partial charge in [0.15, 0.2) is 0 Å². The topological polar surface area (TPSA) is 43.9 Å². The lowest BCUT2D eigenvalue weighted by Gasteiger charge is -2.32. The summed E-state index contributed by atoms with van der Waals surface area (Å²) in [4.78, 5) is 32.3. The van der Waals surface area contributed by atoms with Crippen LogP contribution in [0.1, 0.15) is 20.7 Å². The first kappa shape index (κ1) is 19.4. The fourth-order valence-electron chi connectivity index (χ4n) is 3.66. The normalized spacial score (nSPS) is 14.1. The molecule has 0 aliphatic carbocycles. The van der Waals surface area contributed by atoms with E-state index in [1.54, 1.807) is 30.1 Å². The van der Waals surface area contributed by atoms with Gasteiger partial charge in [-0.1, -0.05) is 35.9 Å². The molecule has 4 rings (SSSR count). The standard InChI is InChI=1S/C23H22ClN3O2/c1-25(2)10-11-27-21-13-16-7-5-4-6-15(16)12-18(21)22(28)26(3)20-9-8-17(24)14-19(20)23(27)29/h4-9,12-14H,10-11H2,1-3H3. The van der Waals surface area contributed by atoms with Crippen molar-refractivity contribution in [1.82, 2.24) is 4.90 Å². The molecule has 3 aromatic rings. The maximum absolute atomic E-state index is 13.6. The molecule has 0 saturated carbocycles. The molecule has 0 atom stereocenters. The molecule has 0 saturated heterocycles. The number of hydrogen-bond acceptors (Lipinski definition) is 3. The van der Waals surface area contributed by atoms with Crippen molar-refractivity contribution in [3.8, 4) is 0 Å². The Hall–Kier alpha value is -2.89. The number of likely N-dealkylation sites (N-methyl/N-ethyl adjacent to an activating group) is 1. The van der Waals surface area contributed by atoms with Crippen LogP contribution in [0.4, 0.5) is 11.4 Å². The molecule has 0 bridgehead atoms. The Bertz CT molecular complexity index is 1130. The Morgan fingerprint density at radius 3 is 2.21 bits per heavy atom. The molecular weight excluding hydrogens is 386 g/mol. The number of fused-ring (bicyclic) bond motifs is 3. The minimum atomic E-state index is -0.166. The molecule has 0 N–H and O–H groups in total. The van der Waals surface area contributed by atoms with Crippen LogP contribution in [0.5, 0.6) is 0 Å². The number of nitrogens with zero attached hydrogens (tertiary/aromatic N) is 3. The molecule has 29 heavy (non-hydrogen) atoms. The number of benzene rings is 3. The fraction of sp³-hybridized carbons (Fsp3) is 0.217. The van der Waals surface area contributed by atoms with E-state index >= 15 is 0 Å². The van der Waals surface area contributed by atoms with Gasteiger partial charge in [-0.05, 0) is 55.2 Å². The number of carbonyl (C=O) groups is 2. The summed E-state index contributed by atoms with van der Waals surface area (Å²) in [6.45, 7) is 1.12. The summed E-state index contributed by atoms with van der Waals surface area (Å²) in [6, 6.07) is 16.7. The summed E-state index contributed by atoms with van der Waals surface area (Å²) >= 11 is 6.19. The van der Waals surface area contributed by atoms with Crippen molar-refractivity contribution in [3.05, 3.63) is 70.7 Å². The number of hydrogen-bond donors (Lipinski definition) is 0. The molecule has 5 nitrogen and oxygen atoms in total. The van der Waals surface area contributed by atoms with Gasteiger partial charge in [-0.15, -0.1) is 0 Å². The largest absolute Gasteiger partial charge is 0.311 e. The maximum atomic E-state index is 13.6. The van der Waals surface area contributed by atoms with E-state index in [1.165, 1.54) is 4.90 Å². The summed E-state index contributed by atoms with van der Waals surface area (Å²) in [7, 11) is 5.61. The van der Waals surface area contributed by atoms with Crippen LogP contribution >= 0.6 is 11.6 Å². The van der Waals surface area contributed by atoms with Gasteiger partial charge < -0.3 is 14.7 Å². The summed E-state index contributed by atoms with van der Waals surface area (Å²) in [6.07, 6.45) is 0. The van der Waals surface area contributed by atoms with Gasteiger partial charge in [0.25, 0.3) is 11.8 Å². The Balaban J connectivity index is 1.98. The first-order chi connectivity index (χ1) is 13.9. The highest BCUT2D eigenvalue weighted by atomic mass is 35.5. The lowest BCUT2D eigenvalue weighted by atomic mass is 9.99. The van der Waals surface area contributed by atoms with E-state index in [0.29, 0.717) is 40.6 Å². The van der Waals surface area contributed by atoms with Crippen LogP contribution in [0.15, 0.2) is 54.6 Å². The number of carbonyl (C=O) groups excluding carboxylic acids is 2. The van der Waals surface area contributed by atoms with Crippen LogP contribution in [0, 0.1) is 0 Å². The van der Waals surface area contributed by atoms with Crippen LogP contribution in [0.3, 0.4) is 0 Å². The minimum Gasteiger partial charge on any atom is -0.311 e. The van der Waals surface area contributed by atoms with Crippen LogP contribution in [0.25, 0.3) is 10.8 Å². The monoisotopic (exact) mass is 407 g/mol.